The molecule has 1 saturated carbocycles. The topological polar surface area (TPSA) is 113 Å². The highest BCUT2D eigenvalue weighted by Gasteiger charge is 2.76. The van der Waals surface area contributed by atoms with Crippen LogP contribution in [0.2, 0.25) is 0 Å². The highest BCUT2D eigenvalue weighted by Crippen LogP contribution is 2.66. The van der Waals surface area contributed by atoms with Gasteiger partial charge in [-0.2, -0.15) is 0 Å². The van der Waals surface area contributed by atoms with Gasteiger partial charge in [0.2, 0.25) is 17.6 Å². The molecular formula is C29H24Br2Cl2N2O7. The smallest absolute Gasteiger partial charge is 0.254 e. The van der Waals surface area contributed by atoms with Crippen molar-refractivity contribution in [2.45, 2.75) is 28.5 Å². The maximum atomic E-state index is 14.1. The zero-order valence-corrected chi connectivity index (χ0v) is 27.0. The molecule has 0 radical (unpaired) electrons. The molecule has 2 saturated heterocycles. The standard InChI is InChI=1S/C29H24Br2Cl2N2O7/c1-41-19-9-13(10-20(42-2)23(19)36)22-16-7-8-17-21(25(38)35(24(17)37)15-5-3-14(31)4-6-15)18(16)11-28(32)26(39)34(12-30)27(40)29(22,28)33/h3-7,9-10,17-18,21-22,36H,8,11-12H2,1-2H3. The molecule has 2 aromatic carbocycles. The number of methoxy groups -OCH3 is 2. The Morgan fingerprint density at radius 1 is 0.976 bits per heavy atom. The van der Waals surface area contributed by atoms with Gasteiger partial charge in [-0.3, -0.25) is 29.0 Å². The van der Waals surface area contributed by atoms with E-state index in [1.807, 2.05) is 6.08 Å². The number of hydrogen-bond donors (Lipinski definition) is 1. The molecule has 2 aliphatic heterocycles. The quantitative estimate of drug-likeness (QED) is 0.197. The lowest BCUT2D eigenvalue weighted by Crippen LogP contribution is -2.60. The van der Waals surface area contributed by atoms with Gasteiger partial charge in [0.15, 0.2) is 21.2 Å². The molecule has 3 fully saturated rings. The first-order valence-electron chi connectivity index (χ1n) is 13.0. The largest absolute Gasteiger partial charge is 0.502 e. The Bertz CT molecular complexity index is 1560. The monoisotopic (exact) mass is 740 g/mol. The Morgan fingerprint density at radius 2 is 1.60 bits per heavy atom. The molecule has 0 bridgehead atoms. The number of carbonyl (C=O) groups excluding carboxylic acids is 4. The SMILES string of the molecule is COc1cc(C2C3=CCC4C(=O)N(c5ccc(Br)cc5)C(=O)C4C3CC3(Cl)C(=O)N(CBr)C(=O)C23Cl)cc(OC)c1O. The van der Waals surface area contributed by atoms with Crippen LogP contribution in [-0.2, 0) is 19.2 Å². The molecule has 6 atom stereocenters. The van der Waals surface area contributed by atoms with E-state index in [2.05, 4.69) is 31.9 Å². The van der Waals surface area contributed by atoms with Crippen molar-refractivity contribution in [2.75, 3.05) is 24.6 Å². The number of imide groups is 2. The van der Waals surface area contributed by atoms with E-state index in [0.29, 0.717) is 16.8 Å². The number of nitrogens with zero attached hydrogens (tertiary/aromatic N) is 2. The Kier molecular flexibility index (Phi) is 7.19. The summed E-state index contributed by atoms with van der Waals surface area (Å²) in [4.78, 5) is 53.7. The molecule has 0 aromatic heterocycles. The number of amides is 4. The number of hydrogen-bond acceptors (Lipinski definition) is 7. The summed E-state index contributed by atoms with van der Waals surface area (Å²) in [6.07, 6.45) is 1.94. The number of likely N-dealkylation sites (tertiary alicyclic amines) is 1. The average Bonchev–Trinajstić information content (AvgIpc) is 3.31. The summed E-state index contributed by atoms with van der Waals surface area (Å²) in [7, 11) is 2.73. The lowest BCUT2D eigenvalue weighted by Gasteiger charge is -2.50. The molecule has 6 rings (SSSR count). The first-order valence-corrected chi connectivity index (χ1v) is 15.7. The number of phenols is 1. The van der Waals surface area contributed by atoms with E-state index in [1.54, 1.807) is 24.3 Å². The molecule has 6 unspecified atom stereocenters. The van der Waals surface area contributed by atoms with Crippen LogP contribution in [0.3, 0.4) is 0 Å². The van der Waals surface area contributed by atoms with Crippen molar-refractivity contribution in [3.63, 3.8) is 0 Å². The molecular weight excluding hydrogens is 719 g/mol. The van der Waals surface area contributed by atoms with Gasteiger partial charge in [0, 0.05) is 10.4 Å². The zero-order chi connectivity index (χ0) is 30.3. The van der Waals surface area contributed by atoms with Crippen LogP contribution in [-0.4, -0.2) is 63.1 Å². The molecule has 1 N–H and O–H groups in total. The van der Waals surface area contributed by atoms with Gasteiger partial charge in [-0.1, -0.05) is 43.5 Å². The predicted molar refractivity (Wildman–Crippen MR) is 161 cm³/mol. The molecule has 42 heavy (non-hydrogen) atoms. The van der Waals surface area contributed by atoms with Gasteiger partial charge in [-0.25, -0.2) is 0 Å². The van der Waals surface area contributed by atoms with Crippen LogP contribution in [0.4, 0.5) is 5.69 Å². The van der Waals surface area contributed by atoms with Gasteiger partial charge in [0.1, 0.15) is 0 Å². The first-order chi connectivity index (χ1) is 19.9. The minimum atomic E-state index is -1.99. The van der Waals surface area contributed by atoms with E-state index in [0.717, 1.165) is 9.37 Å². The number of aromatic hydroxyl groups is 1. The molecule has 220 valence electrons. The Balaban J connectivity index is 1.55. The van der Waals surface area contributed by atoms with Crippen molar-refractivity contribution in [1.29, 1.82) is 0 Å². The fourth-order valence-corrected chi connectivity index (χ4v) is 8.74. The number of ether oxygens (including phenoxy) is 2. The second-order valence-corrected chi connectivity index (χ2v) is 13.4. The van der Waals surface area contributed by atoms with E-state index in [4.69, 9.17) is 32.7 Å². The predicted octanol–water partition coefficient (Wildman–Crippen LogP) is 5.09. The van der Waals surface area contributed by atoms with Crippen molar-refractivity contribution in [3.05, 3.63) is 58.1 Å². The second-order valence-electron chi connectivity index (χ2n) is 10.7. The summed E-state index contributed by atoms with van der Waals surface area (Å²) in [5.41, 5.74) is 1.32. The molecule has 4 amide bonds. The van der Waals surface area contributed by atoms with E-state index in [9.17, 15) is 24.3 Å². The minimum absolute atomic E-state index is 0.0591. The summed E-state index contributed by atoms with van der Waals surface area (Å²) < 4.78 is 11.6. The zero-order valence-electron chi connectivity index (χ0n) is 22.3. The van der Waals surface area contributed by atoms with Gasteiger partial charge >= 0.3 is 0 Å². The summed E-state index contributed by atoms with van der Waals surface area (Å²) in [6.45, 7) is 0. The second kappa shape index (κ2) is 10.2. The van der Waals surface area contributed by atoms with Crippen molar-refractivity contribution in [3.8, 4) is 17.2 Å². The molecule has 2 aromatic rings. The van der Waals surface area contributed by atoms with Crippen LogP contribution in [0.5, 0.6) is 17.2 Å². The Hall–Kier alpha value is -2.60. The van der Waals surface area contributed by atoms with Gasteiger partial charge in [0.25, 0.3) is 11.8 Å². The molecule has 13 heteroatoms. The number of halogens is 4. The number of alkyl halides is 3. The highest BCUT2D eigenvalue weighted by molar-refractivity contribution is 9.10. The summed E-state index contributed by atoms with van der Waals surface area (Å²) in [5.74, 6) is -5.48. The number of fused-ring (bicyclic) bond motifs is 4. The molecule has 4 aliphatic rings. The lowest BCUT2D eigenvalue weighted by atomic mass is 9.56. The van der Waals surface area contributed by atoms with Crippen molar-refractivity contribution in [2.24, 2.45) is 17.8 Å². The van der Waals surface area contributed by atoms with Gasteiger partial charge in [-0.05, 0) is 60.7 Å². The number of anilines is 1. The van der Waals surface area contributed by atoms with Gasteiger partial charge in [0.05, 0.1) is 37.2 Å². The number of benzene rings is 2. The van der Waals surface area contributed by atoms with E-state index in [1.165, 1.54) is 31.3 Å². The minimum Gasteiger partial charge on any atom is -0.502 e. The maximum absolute atomic E-state index is 14.1. The average molecular weight is 743 g/mol. The summed E-state index contributed by atoms with van der Waals surface area (Å²) >= 11 is 21.1. The fourth-order valence-electron chi connectivity index (χ4n) is 7.05. The van der Waals surface area contributed by atoms with Crippen LogP contribution in [0.15, 0.2) is 52.5 Å². The van der Waals surface area contributed by atoms with Crippen LogP contribution >= 0.6 is 55.1 Å². The number of phenolic OH excluding ortho intramolecular Hbond substituents is 1. The van der Waals surface area contributed by atoms with Crippen LogP contribution < -0.4 is 14.4 Å². The fraction of sp³-hybridized carbons (Fsp3) is 0.379. The highest BCUT2D eigenvalue weighted by atomic mass is 79.9. The summed E-state index contributed by atoms with van der Waals surface area (Å²) in [6, 6.07) is 9.90. The van der Waals surface area contributed by atoms with E-state index >= 15 is 0 Å². The molecule has 0 spiro atoms. The Labute approximate surface area is 268 Å². The first kappa shape index (κ1) is 29.5. The van der Waals surface area contributed by atoms with Crippen LogP contribution in [0.1, 0.15) is 24.3 Å². The molecule has 2 heterocycles. The van der Waals surface area contributed by atoms with Gasteiger partial charge in [-0.15, -0.1) is 23.2 Å². The molecule has 9 nitrogen and oxygen atoms in total. The maximum Gasteiger partial charge on any atom is 0.254 e. The normalized spacial score (nSPS) is 32.0. The van der Waals surface area contributed by atoms with Crippen molar-refractivity contribution < 1.29 is 33.8 Å². The van der Waals surface area contributed by atoms with Crippen molar-refractivity contribution >= 4 is 84.4 Å². The molecule has 2 aliphatic carbocycles. The van der Waals surface area contributed by atoms with Crippen LogP contribution in [0.25, 0.3) is 0 Å². The third-order valence-corrected chi connectivity index (χ3v) is 11.4. The number of carbonyl (C=O) groups is 4. The van der Waals surface area contributed by atoms with Crippen molar-refractivity contribution in [1.82, 2.24) is 4.90 Å². The third kappa shape index (κ3) is 3.79. The number of allylic oxidation sites excluding steroid dienone is 2. The van der Waals surface area contributed by atoms with E-state index < -0.39 is 51.1 Å². The third-order valence-electron chi connectivity index (χ3n) is 8.94. The Morgan fingerprint density at radius 3 is 2.17 bits per heavy atom. The van der Waals surface area contributed by atoms with E-state index in [-0.39, 0.29) is 41.5 Å². The number of rotatable bonds is 5. The van der Waals surface area contributed by atoms with Crippen LogP contribution in [0, 0.1) is 17.8 Å². The summed E-state index contributed by atoms with van der Waals surface area (Å²) in [5, 5.41) is 10.6. The van der Waals surface area contributed by atoms with Gasteiger partial charge < -0.3 is 14.6 Å². The lowest BCUT2D eigenvalue weighted by molar-refractivity contribution is -0.138.